The molecule has 10 heteroatoms. The predicted octanol–water partition coefficient (Wildman–Crippen LogP) is 3.13. The highest BCUT2D eigenvalue weighted by molar-refractivity contribution is 7.99. The average Bonchev–Trinajstić information content (AvgIpc) is 3.24. The van der Waals surface area contributed by atoms with Gasteiger partial charge in [0.05, 0.1) is 32.6 Å². The second kappa shape index (κ2) is 12.6. The van der Waals surface area contributed by atoms with Crippen LogP contribution in [-0.4, -0.2) is 46.6 Å². The minimum absolute atomic E-state index is 0.0818. The summed E-state index contributed by atoms with van der Waals surface area (Å²) in [6, 6.07) is 15.1. The summed E-state index contributed by atoms with van der Waals surface area (Å²) in [7, 11) is 4.93. The molecule has 0 aliphatic heterocycles. The van der Waals surface area contributed by atoms with E-state index in [0.29, 0.717) is 22.5 Å². The molecular weight excluding hydrogens is 466 g/mol. The first-order valence-electron chi connectivity index (χ1n) is 10.9. The first-order valence-corrected chi connectivity index (χ1v) is 11.9. The molecule has 0 aliphatic rings. The molecule has 35 heavy (non-hydrogen) atoms. The number of rotatable bonds is 11. The third-order valence-electron chi connectivity index (χ3n) is 5.19. The number of ether oxygens (including phenoxy) is 2. The summed E-state index contributed by atoms with van der Waals surface area (Å²) < 4.78 is 12.3. The number of carbonyl (C=O) groups excluding carboxylic acids is 2. The third-order valence-corrected chi connectivity index (χ3v) is 6.21. The molecule has 0 saturated carbocycles. The highest BCUT2D eigenvalue weighted by atomic mass is 32.2. The van der Waals surface area contributed by atoms with Gasteiger partial charge in [0.15, 0.2) is 22.5 Å². The van der Waals surface area contributed by atoms with E-state index >= 15 is 0 Å². The van der Waals surface area contributed by atoms with Crippen molar-refractivity contribution in [2.24, 2.45) is 7.05 Å². The number of carbonyl (C=O) groups is 2. The van der Waals surface area contributed by atoms with Crippen LogP contribution in [-0.2, 0) is 23.2 Å². The first kappa shape index (κ1) is 25.8. The monoisotopic (exact) mass is 495 g/mol. The molecule has 0 unspecified atom stereocenters. The molecule has 9 nitrogen and oxygen atoms in total. The van der Waals surface area contributed by atoms with Crippen LogP contribution in [0.3, 0.4) is 0 Å². The average molecular weight is 496 g/mol. The van der Waals surface area contributed by atoms with Crippen LogP contribution in [0.2, 0.25) is 0 Å². The Bertz CT molecular complexity index is 1180. The van der Waals surface area contributed by atoms with Gasteiger partial charge in [-0.25, -0.2) is 0 Å². The number of thioether (sulfide) groups is 1. The molecule has 3 aromatic rings. The Morgan fingerprint density at radius 3 is 2.54 bits per heavy atom. The number of methoxy groups -OCH3 is 2. The summed E-state index contributed by atoms with van der Waals surface area (Å²) in [6.45, 7) is 2.15. The molecule has 0 fully saturated rings. The standard InChI is InChI=1S/C25H29N5O4S/c1-17(19-8-6-5-7-9-19)27-24(32)16-35-25-29-28-22(30(25)2)15-26-23(31)13-11-18-10-12-20(33-3)21(14-18)34-4/h5-14,17H,15-16H2,1-4H3,(H,26,31)(H,27,32)/b13-11+/t17-/m0/s1. The number of amides is 2. The third kappa shape index (κ3) is 7.35. The van der Waals surface area contributed by atoms with Crippen LogP contribution in [0.4, 0.5) is 0 Å². The SMILES string of the molecule is COc1ccc(/C=C/C(=O)NCc2nnc(SCC(=O)N[C@@H](C)c3ccccc3)n2C)cc1OC. The Balaban J connectivity index is 1.48. The summed E-state index contributed by atoms with van der Waals surface area (Å²) in [5.74, 6) is 1.63. The van der Waals surface area contributed by atoms with Gasteiger partial charge < -0.3 is 24.7 Å². The molecule has 2 amide bonds. The molecule has 1 heterocycles. The lowest BCUT2D eigenvalue weighted by Gasteiger charge is -2.14. The zero-order valence-electron chi connectivity index (χ0n) is 20.1. The van der Waals surface area contributed by atoms with Gasteiger partial charge in [-0.1, -0.05) is 48.2 Å². The van der Waals surface area contributed by atoms with Gasteiger partial charge >= 0.3 is 0 Å². The van der Waals surface area contributed by atoms with Crippen LogP contribution in [0.5, 0.6) is 11.5 Å². The maximum Gasteiger partial charge on any atom is 0.244 e. The number of nitrogens with zero attached hydrogens (tertiary/aromatic N) is 3. The normalized spacial score (nSPS) is 11.8. The van der Waals surface area contributed by atoms with Crippen molar-refractivity contribution in [3.63, 3.8) is 0 Å². The highest BCUT2D eigenvalue weighted by Crippen LogP contribution is 2.28. The van der Waals surface area contributed by atoms with Crippen molar-refractivity contribution in [1.82, 2.24) is 25.4 Å². The van der Waals surface area contributed by atoms with Gasteiger partial charge in [0, 0.05) is 13.1 Å². The van der Waals surface area contributed by atoms with Crippen molar-refractivity contribution in [2.45, 2.75) is 24.7 Å². The predicted molar refractivity (Wildman–Crippen MR) is 135 cm³/mol. The van der Waals surface area contributed by atoms with E-state index in [9.17, 15) is 9.59 Å². The summed E-state index contributed by atoms with van der Waals surface area (Å²) in [5.41, 5.74) is 1.85. The number of hydrogen-bond donors (Lipinski definition) is 2. The quantitative estimate of drug-likeness (QED) is 0.311. The van der Waals surface area contributed by atoms with E-state index in [0.717, 1.165) is 11.1 Å². The Labute approximate surface area is 208 Å². The van der Waals surface area contributed by atoms with Crippen molar-refractivity contribution < 1.29 is 19.1 Å². The lowest BCUT2D eigenvalue weighted by Crippen LogP contribution is -2.28. The summed E-state index contributed by atoms with van der Waals surface area (Å²) in [6.07, 6.45) is 3.12. The smallest absolute Gasteiger partial charge is 0.244 e. The van der Waals surface area contributed by atoms with Crippen molar-refractivity contribution in [3.8, 4) is 11.5 Å². The first-order chi connectivity index (χ1) is 16.9. The zero-order chi connectivity index (χ0) is 25.2. The van der Waals surface area contributed by atoms with E-state index < -0.39 is 0 Å². The Morgan fingerprint density at radius 1 is 1.09 bits per heavy atom. The van der Waals surface area contributed by atoms with Crippen molar-refractivity contribution >= 4 is 29.7 Å². The second-order valence-corrected chi connectivity index (χ2v) is 8.55. The summed E-state index contributed by atoms with van der Waals surface area (Å²) in [5, 5.41) is 14.6. The van der Waals surface area contributed by atoms with Gasteiger partial charge in [-0.05, 0) is 36.3 Å². The molecule has 3 rings (SSSR count). The fourth-order valence-electron chi connectivity index (χ4n) is 3.22. The Kier molecular flexibility index (Phi) is 9.31. The molecule has 2 aromatic carbocycles. The number of nitrogens with one attached hydrogen (secondary N) is 2. The maximum absolute atomic E-state index is 12.3. The molecule has 0 bridgehead atoms. The van der Waals surface area contributed by atoms with Crippen LogP contribution in [0.25, 0.3) is 6.08 Å². The van der Waals surface area contributed by atoms with Gasteiger partial charge in [0.1, 0.15) is 0 Å². The fraction of sp³-hybridized carbons (Fsp3) is 0.280. The van der Waals surface area contributed by atoms with Crippen molar-refractivity contribution in [2.75, 3.05) is 20.0 Å². The number of aromatic nitrogens is 3. The minimum atomic E-state index is -0.272. The van der Waals surface area contributed by atoms with E-state index in [1.165, 1.54) is 17.8 Å². The van der Waals surface area contributed by atoms with Crippen LogP contribution in [0.1, 0.15) is 29.9 Å². The van der Waals surface area contributed by atoms with E-state index in [1.54, 1.807) is 44.0 Å². The largest absolute Gasteiger partial charge is 0.493 e. The molecule has 0 radical (unpaired) electrons. The molecule has 0 aliphatic carbocycles. The van der Waals surface area contributed by atoms with Gasteiger partial charge in [-0.2, -0.15) is 0 Å². The van der Waals surface area contributed by atoms with Crippen molar-refractivity contribution in [3.05, 3.63) is 71.6 Å². The van der Waals surface area contributed by atoms with E-state index in [2.05, 4.69) is 20.8 Å². The fourth-order valence-corrected chi connectivity index (χ4v) is 3.96. The van der Waals surface area contributed by atoms with Crippen LogP contribution in [0, 0.1) is 0 Å². The summed E-state index contributed by atoms with van der Waals surface area (Å²) >= 11 is 1.29. The van der Waals surface area contributed by atoms with E-state index in [-0.39, 0.29) is 30.2 Å². The van der Waals surface area contributed by atoms with Gasteiger partial charge in [0.2, 0.25) is 11.8 Å². The lowest BCUT2D eigenvalue weighted by molar-refractivity contribution is -0.119. The van der Waals surface area contributed by atoms with Crippen molar-refractivity contribution in [1.29, 1.82) is 0 Å². The maximum atomic E-state index is 12.3. The van der Waals surface area contributed by atoms with Crippen LogP contribution < -0.4 is 20.1 Å². The van der Waals surface area contributed by atoms with Gasteiger partial charge in [-0.15, -0.1) is 10.2 Å². The van der Waals surface area contributed by atoms with Crippen LogP contribution in [0.15, 0.2) is 59.8 Å². The molecule has 0 spiro atoms. The number of benzene rings is 2. The van der Waals surface area contributed by atoms with Gasteiger partial charge in [0.25, 0.3) is 0 Å². The van der Waals surface area contributed by atoms with E-state index in [4.69, 9.17) is 9.47 Å². The molecule has 1 atom stereocenters. The zero-order valence-corrected chi connectivity index (χ0v) is 21.0. The number of hydrogen-bond acceptors (Lipinski definition) is 7. The van der Waals surface area contributed by atoms with Crippen LogP contribution >= 0.6 is 11.8 Å². The second-order valence-electron chi connectivity index (χ2n) is 7.61. The molecule has 0 saturated heterocycles. The molecule has 1 aromatic heterocycles. The molecule has 184 valence electrons. The molecular formula is C25H29N5O4S. The Morgan fingerprint density at radius 2 is 1.83 bits per heavy atom. The molecule has 2 N–H and O–H groups in total. The Hall–Kier alpha value is -3.79. The van der Waals surface area contributed by atoms with Gasteiger partial charge in [-0.3, -0.25) is 9.59 Å². The lowest BCUT2D eigenvalue weighted by atomic mass is 10.1. The minimum Gasteiger partial charge on any atom is -0.493 e. The van der Waals surface area contributed by atoms with E-state index in [1.807, 2.05) is 43.3 Å². The topological polar surface area (TPSA) is 107 Å². The summed E-state index contributed by atoms with van der Waals surface area (Å²) in [4.78, 5) is 24.6. The highest BCUT2D eigenvalue weighted by Gasteiger charge is 2.14.